The van der Waals surface area contributed by atoms with Crippen molar-refractivity contribution in [1.29, 1.82) is 0 Å². The van der Waals surface area contributed by atoms with Crippen LogP contribution < -0.4 is 10.6 Å². The molecular weight excluding hydrogens is 345 g/mol. The molecule has 3 rings (SSSR count). The van der Waals surface area contributed by atoms with Crippen LogP contribution in [0.2, 0.25) is 0 Å². The van der Waals surface area contributed by atoms with E-state index >= 15 is 0 Å². The molecule has 25 heavy (non-hydrogen) atoms. The SMILES string of the molecule is CC(C(=O)N1CCC(NC(=O)c2ccc(F)cc2)CC1)C1CNC1.Cl. The zero-order valence-electron chi connectivity index (χ0n) is 14.3. The standard InChI is InChI=1S/C18H24FN3O2.ClH/c1-12(14-10-20-11-14)18(24)22-8-6-16(7-9-22)21-17(23)13-2-4-15(19)5-3-13;/h2-5,12,14,16,20H,6-11H2,1H3,(H,21,23);1H. The van der Waals surface area contributed by atoms with E-state index in [0.717, 1.165) is 25.9 Å². The Morgan fingerprint density at radius 2 is 1.80 bits per heavy atom. The number of nitrogens with zero attached hydrogens (tertiary/aromatic N) is 1. The minimum atomic E-state index is -0.353. The molecule has 1 unspecified atom stereocenters. The van der Waals surface area contributed by atoms with Gasteiger partial charge in [0.1, 0.15) is 5.82 Å². The van der Waals surface area contributed by atoms with Gasteiger partial charge < -0.3 is 15.5 Å². The number of halogens is 2. The zero-order chi connectivity index (χ0) is 17.1. The summed E-state index contributed by atoms with van der Waals surface area (Å²) in [6.45, 7) is 5.22. The number of nitrogens with one attached hydrogen (secondary N) is 2. The highest BCUT2D eigenvalue weighted by molar-refractivity contribution is 5.94. The lowest BCUT2D eigenvalue weighted by Crippen LogP contribution is -2.53. The lowest BCUT2D eigenvalue weighted by atomic mass is 9.87. The molecule has 2 aliphatic rings. The number of likely N-dealkylation sites (tertiary alicyclic amines) is 1. The second-order valence-electron chi connectivity index (χ2n) is 6.79. The molecule has 2 fully saturated rings. The number of carbonyl (C=O) groups is 2. The highest BCUT2D eigenvalue weighted by Gasteiger charge is 2.33. The van der Waals surface area contributed by atoms with Gasteiger partial charge in [0.25, 0.3) is 5.91 Å². The first kappa shape index (κ1) is 19.7. The smallest absolute Gasteiger partial charge is 0.251 e. The van der Waals surface area contributed by atoms with Crippen molar-refractivity contribution in [2.75, 3.05) is 26.2 Å². The summed E-state index contributed by atoms with van der Waals surface area (Å²) in [5.74, 6) is 0.206. The van der Waals surface area contributed by atoms with Gasteiger partial charge in [-0.2, -0.15) is 0 Å². The summed E-state index contributed by atoms with van der Waals surface area (Å²) in [5.41, 5.74) is 0.459. The summed E-state index contributed by atoms with van der Waals surface area (Å²) < 4.78 is 12.9. The fourth-order valence-electron chi connectivity index (χ4n) is 3.27. The maximum Gasteiger partial charge on any atom is 0.251 e. The molecule has 2 N–H and O–H groups in total. The molecular formula is C18H25ClFN3O2. The van der Waals surface area contributed by atoms with E-state index in [1.165, 1.54) is 24.3 Å². The van der Waals surface area contributed by atoms with Gasteiger partial charge in [-0.1, -0.05) is 6.92 Å². The molecule has 0 radical (unpaired) electrons. The lowest BCUT2D eigenvalue weighted by molar-refractivity contribution is -0.138. The Labute approximate surface area is 153 Å². The van der Waals surface area contributed by atoms with Crippen LogP contribution in [0.25, 0.3) is 0 Å². The lowest BCUT2D eigenvalue weighted by Gasteiger charge is -2.38. The molecule has 0 spiro atoms. The fourth-order valence-corrected chi connectivity index (χ4v) is 3.27. The van der Waals surface area contributed by atoms with Crippen molar-refractivity contribution < 1.29 is 14.0 Å². The second kappa shape index (κ2) is 8.63. The van der Waals surface area contributed by atoms with Crippen molar-refractivity contribution in [2.24, 2.45) is 11.8 Å². The first-order valence-corrected chi connectivity index (χ1v) is 8.60. The van der Waals surface area contributed by atoms with E-state index in [2.05, 4.69) is 10.6 Å². The minimum Gasteiger partial charge on any atom is -0.349 e. The average Bonchev–Trinajstić information content (AvgIpc) is 2.54. The Balaban J connectivity index is 0.00000225. The van der Waals surface area contributed by atoms with E-state index in [1.807, 2.05) is 11.8 Å². The quantitative estimate of drug-likeness (QED) is 0.851. The van der Waals surface area contributed by atoms with Gasteiger partial charge in [-0.3, -0.25) is 9.59 Å². The molecule has 5 nitrogen and oxygen atoms in total. The highest BCUT2D eigenvalue weighted by Crippen LogP contribution is 2.21. The summed E-state index contributed by atoms with van der Waals surface area (Å²) in [7, 11) is 0. The zero-order valence-corrected chi connectivity index (χ0v) is 15.2. The largest absolute Gasteiger partial charge is 0.349 e. The van der Waals surface area contributed by atoms with E-state index in [9.17, 15) is 14.0 Å². The maximum atomic E-state index is 12.9. The molecule has 2 heterocycles. The summed E-state index contributed by atoms with van der Waals surface area (Å²) in [5, 5.41) is 6.18. The van der Waals surface area contributed by atoms with Crippen molar-refractivity contribution in [3.05, 3.63) is 35.6 Å². The molecule has 0 saturated carbocycles. The third-order valence-corrected chi connectivity index (χ3v) is 5.16. The molecule has 7 heteroatoms. The summed E-state index contributed by atoms with van der Waals surface area (Å²) in [6.07, 6.45) is 1.52. The number of carbonyl (C=O) groups excluding carboxylic acids is 2. The topological polar surface area (TPSA) is 61.4 Å². The van der Waals surface area contributed by atoms with Crippen LogP contribution in [0.5, 0.6) is 0 Å². The highest BCUT2D eigenvalue weighted by atomic mass is 35.5. The third kappa shape index (κ3) is 4.70. The van der Waals surface area contributed by atoms with Gasteiger partial charge in [-0.25, -0.2) is 4.39 Å². The van der Waals surface area contributed by atoms with Crippen LogP contribution in [0, 0.1) is 17.7 Å². The Kier molecular flexibility index (Phi) is 6.79. The van der Waals surface area contributed by atoms with Crippen molar-refractivity contribution >= 4 is 24.2 Å². The van der Waals surface area contributed by atoms with E-state index in [1.54, 1.807) is 0 Å². The number of benzene rings is 1. The third-order valence-electron chi connectivity index (χ3n) is 5.16. The maximum absolute atomic E-state index is 12.9. The molecule has 0 aliphatic carbocycles. The first-order chi connectivity index (χ1) is 11.5. The van der Waals surface area contributed by atoms with Gasteiger partial charge in [0.05, 0.1) is 0 Å². The van der Waals surface area contributed by atoms with Crippen LogP contribution in [0.4, 0.5) is 4.39 Å². The Bertz CT molecular complexity index is 599. The molecule has 2 saturated heterocycles. The van der Waals surface area contributed by atoms with E-state index < -0.39 is 0 Å². The Morgan fingerprint density at radius 1 is 1.20 bits per heavy atom. The van der Waals surface area contributed by atoms with Crippen LogP contribution >= 0.6 is 12.4 Å². The number of piperidine rings is 1. The molecule has 1 aromatic rings. The molecule has 2 aliphatic heterocycles. The first-order valence-electron chi connectivity index (χ1n) is 8.60. The molecule has 2 amide bonds. The van der Waals surface area contributed by atoms with E-state index in [0.29, 0.717) is 24.6 Å². The van der Waals surface area contributed by atoms with E-state index in [4.69, 9.17) is 0 Å². The van der Waals surface area contributed by atoms with Crippen LogP contribution in [0.3, 0.4) is 0 Å². The molecule has 0 bridgehead atoms. The summed E-state index contributed by atoms with van der Waals surface area (Å²) >= 11 is 0. The van der Waals surface area contributed by atoms with Crippen LogP contribution in [-0.2, 0) is 4.79 Å². The molecule has 1 atom stereocenters. The van der Waals surface area contributed by atoms with Gasteiger partial charge in [0, 0.05) is 30.6 Å². The number of hydrogen-bond donors (Lipinski definition) is 2. The predicted molar refractivity (Wildman–Crippen MR) is 96.2 cm³/mol. The average molecular weight is 370 g/mol. The van der Waals surface area contributed by atoms with Gasteiger partial charge in [0.2, 0.25) is 5.91 Å². The van der Waals surface area contributed by atoms with E-state index in [-0.39, 0.29) is 42.0 Å². The number of amides is 2. The summed E-state index contributed by atoms with van der Waals surface area (Å²) in [6, 6.07) is 5.60. The van der Waals surface area contributed by atoms with Gasteiger partial charge in [-0.05, 0) is 56.1 Å². The van der Waals surface area contributed by atoms with Gasteiger partial charge >= 0.3 is 0 Å². The van der Waals surface area contributed by atoms with Crippen LogP contribution in [0.15, 0.2) is 24.3 Å². The van der Waals surface area contributed by atoms with Crippen molar-refractivity contribution in [2.45, 2.75) is 25.8 Å². The molecule has 138 valence electrons. The van der Waals surface area contributed by atoms with Crippen molar-refractivity contribution in [1.82, 2.24) is 15.5 Å². The molecule has 0 aromatic heterocycles. The monoisotopic (exact) mass is 369 g/mol. The Hall–Kier alpha value is -1.66. The fraction of sp³-hybridized carbons (Fsp3) is 0.556. The predicted octanol–water partition coefficient (Wildman–Crippen LogP) is 1.82. The molecule has 1 aromatic carbocycles. The number of hydrogen-bond acceptors (Lipinski definition) is 3. The normalized spacial score (nSPS) is 19.5. The van der Waals surface area contributed by atoms with Crippen molar-refractivity contribution in [3.63, 3.8) is 0 Å². The number of rotatable bonds is 4. The van der Waals surface area contributed by atoms with Crippen molar-refractivity contribution in [3.8, 4) is 0 Å². The summed E-state index contributed by atoms with van der Waals surface area (Å²) in [4.78, 5) is 26.6. The second-order valence-corrected chi connectivity index (χ2v) is 6.79. The van der Waals surface area contributed by atoms with Crippen LogP contribution in [-0.4, -0.2) is 48.9 Å². The Morgan fingerprint density at radius 3 is 2.32 bits per heavy atom. The minimum absolute atomic E-state index is 0. The van der Waals surface area contributed by atoms with Gasteiger partial charge in [0.15, 0.2) is 0 Å². The van der Waals surface area contributed by atoms with Crippen LogP contribution in [0.1, 0.15) is 30.1 Å². The van der Waals surface area contributed by atoms with Gasteiger partial charge in [-0.15, -0.1) is 12.4 Å².